The molecule has 0 spiro atoms. The van der Waals surface area contributed by atoms with Crippen molar-refractivity contribution in [1.29, 1.82) is 0 Å². The monoisotopic (exact) mass is 495 g/mol. The van der Waals surface area contributed by atoms with Gasteiger partial charge in [0, 0.05) is 13.0 Å². The number of halogens is 1. The molecular weight excluding hydrogens is 470 g/mol. The third kappa shape index (κ3) is 5.23. The Labute approximate surface area is 188 Å². The van der Waals surface area contributed by atoms with Crippen LogP contribution in [0.25, 0.3) is 0 Å². The number of carbonyl (C=O) groups is 3. The highest BCUT2D eigenvalue weighted by Crippen LogP contribution is 2.37. The molecule has 4 atom stereocenters. The highest BCUT2D eigenvalue weighted by molar-refractivity contribution is 9.11. The Bertz CT molecular complexity index is 859. The molecule has 4 unspecified atom stereocenters. The average molecular weight is 496 g/mol. The van der Waals surface area contributed by atoms with Crippen molar-refractivity contribution in [2.45, 2.75) is 50.5 Å². The summed E-state index contributed by atoms with van der Waals surface area (Å²) in [6.07, 6.45) is 0.686. The number of rotatable bonds is 8. The van der Waals surface area contributed by atoms with E-state index in [1.807, 2.05) is 30.3 Å². The summed E-state index contributed by atoms with van der Waals surface area (Å²) in [5.41, 5.74) is 0.950. The molecule has 0 aliphatic carbocycles. The first-order valence-electron chi connectivity index (χ1n) is 10.2. The van der Waals surface area contributed by atoms with Crippen LogP contribution in [0.3, 0.4) is 0 Å². The summed E-state index contributed by atoms with van der Waals surface area (Å²) < 4.78 is 11.0. The molecular formula is C22H26BrNO7. The number of amides is 2. The minimum Gasteiger partial charge on any atom is -0.447 e. The fourth-order valence-corrected chi connectivity index (χ4v) is 4.28. The number of ketones is 1. The minimum atomic E-state index is -1.78. The molecule has 0 aromatic heterocycles. The summed E-state index contributed by atoms with van der Waals surface area (Å²) in [6.45, 7) is 1.54. The molecule has 9 heteroatoms. The third-order valence-electron chi connectivity index (χ3n) is 5.52. The van der Waals surface area contributed by atoms with Crippen molar-refractivity contribution in [3.05, 3.63) is 46.5 Å². The Morgan fingerprint density at radius 1 is 1.29 bits per heavy atom. The molecule has 1 aromatic carbocycles. The number of nitrogens with zero attached hydrogens (tertiary/aromatic N) is 1. The van der Waals surface area contributed by atoms with E-state index in [1.165, 1.54) is 13.0 Å². The van der Waals surface area contributed by atoms with Gasteiger partial charge in [0.25, 0.3) is 0 Å². The molecule has 2 N–H and O–H groups in total. The molecule has 0 saturated carbocycles. The molecule has 1 aromatic rings. The molecule has 0 radical (unpaired) electrons. The lowest BCUT2D eigenvalue weighted by Crippen LogP contribution is -2.52. The SMILES string of the molecule is CC(C(=O)N1C(=O)OCC1Cc1ccccc1)C1OC(O)(CCCCO)C(Br)=CC1=O. The highest BCUT2D eigenvalue weighted by atomic mass is 79.9. The zero-order chi connectivity index (χ0) is 22.6. The summed E-state index contributed by atoms with van der Waals surface area (Å²) in [6, 6.07) is 8.93. The number of hydrogen-bond acceptors (Lipinski definition) is 7. The first-order chi connectivity index (χ1) is 14.8. The molecule has 3 rings (SSSR count). The van der Waals surface area contributed by atoms with Crippen molar-refractivity contribution in [2.24, 2.45) is 5.92 Å². The van der Waals surface area contributed by atoms with Crippen molar-refractivity contribution in [1.82, 2.24) is 4.90 Å². The second-order valence-electron chi connectivity index (χ2n) is 7.82. The van der Waals surface area contributed by atoms with Gasteiger partial charge in [-0.1, -0.05) is 37.3 Å². The molecule has 2 amide bonds. The fraction of sp³-hybridized carbons (Fsp3) is 0.500. The number of ether oxygens (including phenoxy) is 2. The van der Waals surface area contributed by atoms with Crippen molar-refractivity contribution >= 4 is 33.7 Å². The van der Waals surface area contributed by atoms with Gasteiger partial charge in [-0.05, 0) is 46.8 Å². The number of benzene rings is 1. The van der Waals surface area contributed by atoms with Gasteiger partial charge in [-0.2, -0.15) is 0 Å². The first kappa shape index (κ1) is 23.6. The van der Waals surface area contributed by atoms with Gasteiger partial charge < -0.3 is 19.7 Å². The Morgan fingerprint density at radius 2 is 2.00 bits per heavy atom. The van der Waals surface area contributed by atoms with E-state index in [4.69, 9.17) is 14.6 Å². The third-order valence-corrected chi connectivity index (χ3v) is 6.37. The lowest BCUT2D eigenvalue weighted by atomic mass is 9.93. The lowest BCUT2D eigenvalue weighted by Gasteiger charge is -2.37. The topological polar surface area (TPSA) is 113 Å². The second-order valence-corrected chi connectivity index (χ2v) is 8.67. The quantitative estimate of drug-likeness (QED) is 0.531. The van der Waals surface area contributed by atoms with Gasteiger partial charge in [0.15, 0.2) is 11.6 Å². The van der Waals surface area contributed by atoms with Gasteiger partial charge >= 0.3 is 6.09 Å². The van der Waals surface area contributed by atoms with Crippen LogP contribution in [0.2, 0.25) is 0 Å². The maximum atomic E-state index is 13.2. The number of carbonyl (C=O) groups excluding carboxylic acids is 3. The number of hydrogen-bond donors (Lipinski definition) is 2. The van der Waals surface area contributed by atoms with Crippen LogP contribution in [-0.4, -0.2) is 64.0 Å². The fourth-order valence-electron chi connectivity index (χ4n) is 3.76. The minimum absolute atomic E-state index is 0.0332. The predicted octanol–water partition coefficient (Wildman–Crippen LogP) is 2.31. The summed E-state index contributed by atoms with van der Waals surface area (Å²) in [5.74, 6) is -3.87. The van der Waals surface area contributed by atoms with Crippen LogP contribution >= 0.6 is 15.9 Å². The molecule has 1 fully saturated rings. The average Bonchev–Trinajstić information content (AvgIpc) is 3.11. The van der Waals surface area contributed by atoms with Gasteiger partial charge in [-0.15, -0.1) is 0 Å². The smallest absolute Gasteiger partial charge is 0.416 e. The van der Waals surface area contributed by atoms with E-state index in [-0.39, 0.29) is 24.1 Å². The molecule has 2 aliphatic heterocycles. The van der Waals surface area contributed by atoms with Crippen molar-refractivity contribution < 1.29 is 34.1 Å². The lowest BCUT2D eigenvalue weighted by molar-refractivity contribution is -0.217. The van der Waals surface area contributed by atoms with Crippen molar-refractivity contribution in [2.75, 3.05) is 13.2 Å². The zero-order valence-corrected chi connectivity index (χ0v) is 18.8. The number of imide groups is 1. The Kier molecular flexibility index (Phi) is 7.64. The number of aliphatic hydroxyl groups is 2. The van der Waals surface area contributed by atoms with E-state index >= 15 is 0 Å². The van der Waals surface area contributed by atoms with Crippen LogP contribution in [0.15, 0.2) is 40.9 Å². The van der Waals surface area contributed by atoms with Gasteiger partial charge in [0.1, 0.15) is 12.7 Å². The molecule has 1 saturated heterocycles. The summed E-state index contributed by atoms with van der Waals surface area (Å²) in [7, 11) is 0. The summed E-state index contributed by atoms with van der Waals surface area (Å²) in [4.78, 5) is 39.1. The maximum absolute atomic E-state index is 13.2. The van der Waals surface area contributed by atoms with Crippen LogP contribution in [0.5, 0.6) is 0 Å². The van der Waals surface area contributed by atoms with Crippen LogP contribution in [0.1, 0.15) is 31.7 Å². The normalized spacial score (nSPS) is 27.1. The van der Waals surface area contributed by atoms with Gasteiger partial charge in [-0.3, -0.25) is 9.59 Å². The summed E-state index contributed by atoms with van der Waals surface area (Å²) in [5, 5.41) is 19.8. The molecule has 8 nitrogen and oxygen atoms in total. The van der Waals surface area contributed by atoms with Crippen LogP contribution in [0.4, 0.5) is 4.79 Å². The largest absolute Gasteiger partial charge is 0.447 e. The standard InChI is InChI=1S/C22H26BrNO7/c1-14(19-17(26)12-18(23)22(29,31-19)9-5-6-10-25)20(27)24-16(13-30-21(24)28)11-15-7-3-2-4-8-15/h2-4,7-8,12,14,16,19,25,29H,5-6,9-11,13H2,1H3. The molecule has 2 heterocycles. The van der Waals surface area contributed by atoms with Crippen LogP contribution < -0.4 is 0 Å². The number of aliphatic hydroxyl groups excluding tert-OH is 1. The van der Waals surface area contributed by atoms with Gasteiger partial charge in [0.05, 0.1) is 16.4 Å². The second kappa shape index (κ2) is 10.0. The van der Waals surface area contributed by atoms with Crippen LogP contribution in [-0.2, 0) is 25.5 Å². The number of unbranched alkanes of at least 4 members (excludes halogenated alkanes) is 1. The van der Waals surface area contributed by atoms with E-state index in [2.05, 4.69) is 15.9 Å². The van der Waals surface area contributed by atoms with Crippen molar-refractivity contribution in [3.8, 4) is 0 Å². The first-order valence-corrected chi connectivity index (χ1v) is 11.0. The van der Waals surface area contributed by atoms with E-state index in [0.29, 0.717) is 19.3 Å². The summed E-state index contributed by atoms with van der Waals surface area (Å²) >= 11 is 3.17. The number of cyclic esters (lactones) is 1. The molecule has 2 aliphatic rings. The van der Waals surface area contributed by atoms with Gasteiger partial charge in [-0.25, -0.2) is 9.69 Å². The van der Waals surface area contributed by atoms with E-state index in [1.54, 1.807) is 0 Å². The van der Waals surface area contributed by atoms with Crippen LogP contribution in [0, 0.1) is 5.92 Å². The zero-order valence-electron chi connectivity index (χ0n) is 17.2. The highest BCUT2D eigenvalue weighted by Gasteiger charge is 2.48. The van der Waals surface area contributed by atoms with Gasteiger partial charge in [0.2, 0.25) is 5.91 Å². The predicted molar refractivity (Wildman–Crippen MR) is 114 cm³/mol. The molecule has 0 bridgehead atoms. The Morgan fingerprint density at radius 3 is 2.68 bits per heavy atom. The molecule has 168 valence electrons. The Hall–Kier alpha value is -2.07. The van der Waals surface area contributed by atoms with Crippen molar-refractivity contribution in [3.63, 3.8) is 0 Å². The van der Waals surface area contributed by atoms with E-state index < -0.39 is 41.6 Å². The van der Waals surface area contributed by atoms with E-state index in [0.717, 1.165) is 10.5 Å². The maximum Gasteiger partial charge on any atom is 0.416 e. The Balaban J connectivity index is 1.75. The van der Waals surface area contributed by atoms with E-state index in [9.17, 15) is 19.5 Å². The molecule has 31 heavy (non-hydrogen) atoms.